The van der Waals surface area contributed by atoms with E-state index in [9.17, 15) is 13.2 Å². The first-order valence-electron chi connectivity index (χ1n) is 7.84. The van der Waals surface area contributed by atoms with Crippen molar-refractivity contribution in [1.82, 2.24) is 0 Å². The van der Waals surface area contributed by atoms with Crippen LogP contribution < -0.4 is 14.4 Å². The maximum atomic E-state index is 12.7. The number of amides is 1. The molecule has 1 N–H and O–H groups in total. The van der Waals surface area contributed by atoms with Gasteiger partial charge in [-0.25, -0.2) is 8.42 Å². The van der Waals surface area contributed by atoms with E-state index in [4.69, 9.17) is 16.3 Å². The van der Waals surface area contributed by atoms with Crippen molar-refractivity contribution in [3.05, 3.63) is 53.1 Å². The Labute approximate surface area is 158 Å². The quantitative estimate of drug-likeness (QED) is 0.811. The first-order chi connectivity index (χ1) is 12.1. The second-order valence-corrected chi connectivity index (χ2v) is 8.10. The van der Waals surface area contributed by atoms with Gasteiger partial charge in [0.1, 0.15) is 11.8 Å². The second kappa shape index (κ2) is 7.97. The summed E-state index contributed by atoms with van der Waals surface area (Å²) in [4.78, 5) is 12.7. The van der Waals surface area contributed by atoms with Gasteiger partial charge in [-0.1, -0.05) is 23.7 Å². The molecule has 0 spiro atoms. The van der Waals surface area contributed by atoms with Crippen molar-refractivity contribution in [2.45, 2.75) is 19.9 Å². The number of carbonyl (C=O) groups excluding carboxylic acids is 1. The van der Waals surface area contributed by atoms with E-state index >= 15 is 0 Å². The van der Waals surface area contributed by atoms with E-state index in [2.05, 4.69) is 5.32 Å². The topological polar surface area (TPSA) is 75.7 Å². The standard InChI is InChI=1S/C18H21ClN2O4S/c1-12-16(19)9-6-10-17(12)20-18(22)13(2)21(26(4,23)24)14-7-5-8-15(11-14)25-3/h5-11,13H,1-4H3,(H,20,22)/t13-/m0/s1. The molecule has 2 aromatic carbocycles. The SMILES string of the molecule is COc1cccc(N([C@@H](C)C(=O)Nc2cccc(Cl)c2C)S(C)(=O)=O)c1. The summed E-state index contributed by atoms with van der Waals surface area (Å²) in [5.41, 5.74) is 1.59. The Morgan fingerprint density at radius 1 is 1.23 bits per heavy atom. The molecule has 26 heavy (non-hydrogen) atoms. The Morgan fingerprint density at radius 3 is 2.50 bits per heavy atom. The molecule has 0 saturated carbocycles. The van der Waals surface area contributed by atoms with Crippen LogP contribution in [0.3, 0.4) is 0 Å². The fraction of sp³-hybridized carbons (Fsp3) is 0.278. The van der Waals surface area contributed by atoms with Gasteiger partial charge in [0.2, 0.25) is 15.9 Å². The van der Waals surface area contributed by atoms with Crippen molar-refractivity contribution in [3.8, 4) is 5.75 Å². The minimum Gasteiger partial charge on any atom is -0.497 e. The summed E-state index contributed by atoms with van der Waals surface area (Å²) in [7, 11) is -2.22. The molecule has 1 atom stereocenters. The summed E-state index contributed by atoms with van der Waals surface area (Å²) in [6.07, 6.45) is 1.06. The van der Waals surface area contributed by atoms with Crippen LogP contribution in [0.1, 0.15) is 12.5 Å². The van der Waals surface area contributed by atoms with Gasteiger partial charge in [0.05, 0.1) is 19.1 Å². The maximum absolute atomic E-state index is 12.7. The third kappa shape index (κ3) is 4.47. The van der Waals surface area contributed by atoms with Gasteiger partial charge in [-0.05, 0) is 43.7 Å². The number of benzene rings is 2. The molecule has 1 amide bonds. The molecule has 0 heterocycles. The minimum atomic E-state index is -3.71. The van der Waals surface area contributed by atoms with E-state index in [1.165, 1.54) is 14.0 Å². The molecule has 2 rings (SSSR count). The number of hydrogen-bond donors (Lipinski definition) is 1. The zero-order chi connectivity index (χ0) is 19.5. The van der Waals surface area contributed by atoms with E-state index in [0.29, 0.717) is 27.7 Å². The number of anilines is 2. The number of halogens is 1. The van der Waals surface area contributed by atoms with Crippen LogP contribution in [0.15, 0.2) is 42.5 Å². The average Bonchev–Trinajstić information content (AvgIpc) is 2.58. The molecular weight excluding hydrogens is 376 g/mol. The van der Waals surface area contributed by atoms with Crippen molar-refractivity contribution < 1.29 is 17.9 Å². The lowest BCUT2D eigenvalue weighted by molar-refractivity contribution is -0.116. The molecule has 0 fully saturated rings. The van der Waals surface area contributed by atoms with Crippen LogP contribution in [0.25, 0.3) is 0 Å². The Hall–Kier alpha value is -2.25. The van der Waals surface area contributed by atoms with Gasteiger partial charge in [0.15, 0.2) is 0 Å². The monoisotopic (exact) mass is 396 g/mol. The highest BCUT2D eigenvalue weighted by Crippen LogP contribution is 2.27. The molecule has 0 unspecified atom stereocenters. The number of methoxy groups -OCH3 is 1. The van der Waals surface area contributed by atoms with Gasteiger partial charge in [0.25, 0.3) is 0 Å². The van der Waals surface area contributed by atoms with Gasteiger partial charge in [-0.15, -0.1) is 0 Å². The molecule has 0 aliphatic rings. The lowest BCUT2D eigenvalue weighted by atomic mass is 10.2. The normalized spacial score (nSPS) is 12.3. The van der Waals surface area contributed by atoms with Crippen LogP contribution in [0, 0.1) is 6.92 Å². The Bertz CT molecular complexity index is 915. The van der Waals surface area contributed by atoms with Crippen LogP contribution in [0.5, 0.6) is 5.75 Å². The van der Waals surface area contributed by atoms with Crippen molar-refractivity contribution in [2.24, 2.45) is 0 Å². The fourth-order valence-electron chi connectivity index (χ4n) is 2.54. The summed E-state index contributed by atoms with van der Waals surface area (Å²) in [6.45, 7) is 3.30. The molecule has 0 saturated heterocycles. The summed E-state index contributed by atoms with van der Waals surface area (Å²) in [5, 5.41) is 3.26. The molecule has 140 valence electrons. The Kier molecular flexibility index (Phi) is 6.15. The van der Waals surface area contributed by atoms with E-state index in [0.717, 1.165) is 10.6 Å². The minimum absolute atomic E-state index is 0.345. The summed E-state index contributed by atoms with van der Waals surface area (Å²) in [5.74, 6) is 0.0260. The third-order valence-corrected chi connectivity index (χ3v) is 5.57. The molecule has 8 heteroatoms. The second-order valence-electron chi connectivity index (χ2n) is 5.84. The number of carbonyl (C=O) groups is 1. The van der Waals surface area contributed by atoms with Gasteiger partial charge in [-0.2, -0.15) is 0 Å². The smallest absolute Gasteiger partial charge is 0.248 e. The Balaban J connectivity index is 2.36. The fourth-order valence-corrected chi connectivity index (χ4v) is 3.88. The van der Waals surface area contributed by atoms with Crippen LogP contribution in [-0.2, 0) is 14.8 Å². The lowest BCUT2D eigenvalue weighted by Gasteiger charge is -2.28. The van der Waals surface area contributed by atoms with E-state index in [-0.39, 0.29) is 0 Å². The number of nitrogens with zero attached hydrogens (tertiary/aromatic N) is 1. The highest BCUT2D eigenvalue weighted by atomic mass is 35.5. The molecule has 0 aliphatic heterocycles. The highest BCUT2D eigenvalue weighted by Gasteiger charge is 2.29. The van der Waals surface area contributed by atoms with Crippen molar-refractivity contribution in [2.75, 3.05) is 23.0 Å². The van der Waals surface area contributed by atoms with Crippen molar-refractivity contribution >= 4 is 38.9 Å². The number of rotatable bonds is 6. The van der Waals surface area contributed by atoms with Gasteiger partial charge in [-0.3, -0.25) is 9.10 Å². The molecule has 0 bridgehead atoms. The summed E-state index contributed by atoms with van der Waals surface area (Å²) in [6, 6.07) is 10.7. The lowest BCUT2D eigenvalue weighted by Crippen LogP contribution is -2.45. The largest absolute Gasteiger partial charge is 0.497 e. The number of sulfonamides is 1. The van der Waals surface area contributed by atoms with Crippen molar-refractivity contribution in [3.63, 3.8) is 0 Å². The van der Waals surface area contributed by atoms with Crippen molar-refractivity contribution in [1.29, 1.82) is 0 Å². The zero-order valence-electron chi connectivity index (χ0n) is 15.0. The average molecular weight is 397 g/mol. The van der Waals surface area contributed by atoms with Crippen LogP contribution in [0.2, 0.25) is 5.02 Å². The molecule has 2 aromatic rings. The van der Waals surface area contributed by atoms with Gasteiger partial charge in [0, 0.05) is 16.8 Å². The van der Waals surface area contributed by atoms with Crippen LogP contribution in [-0.4, -0.2) is 33.7 Å². The van der Waals surface area contributed by atoms with Gasteiger partial charge < -0.3 is 10.1 Å². The number of ether oxygens (including phenoxy) is 1. The first kappa shape index (κ1) is 20.1. The van der Waals surface area contributed by atoms with E-state index < -0.39 is 22.0 Å². The summed E-state index contributed by atoms with van der Waals surface area (Å²) < 4.78 is 30.9. The third-order valence-electron chi connectivity index (χ3n) is 3.92. The predicted molar refractivity (Wildman–Crippen MR) is 105 cm³/mol. The van der Waals surface area contributed by atoms with Crippen LogP contribution in [0.4, 0.5) is 11.4 Å². The number of hydrogen-bond acceptors (Lipinski definition) is 4. The summed E-state index contributed by atoms with van der Waals surface area (Å²) >= 11 is 6.07. The van der Waals surface area contributed by atoms with Gasteiger partial charge >= 0.3 is 0 Å². The molecule has 0 radical (unpaired) electrons. The molecular formula is C18H21ClN2O4S. The zero-order valence-corrected chi connectivity index (χ0v) is 16.6. The predicted octanol–water partition coefficient (Wildman–Crippen LogP) is 3.45. The Morgan fingerprint density at radius 2 is 1.88 bits per heavy atom. The highest BCUT2D eigenvalue weighted by molar-refractivity contribution is 7.92. The number of nitrogens with one attached hydrogen (secondary N) is 1. The van der Waals surface area contributed by atoms with Crippen LogP contribution >= 0.6 is 11.6 Å². The maximum Gasteiger partial charge on any atom is 0.248 e. The van der Waals surface area contributed by atoms with E-state index in [1.807, 2.05) is 0 Å². The molecule has 0 aromatic heterocycles. The molecule has 6 nitrogen and oxygen atoms in total. The van der Waals surface area contributed by atoms with E-state index in [1.54, 1.807) is 49.4 Å². The molecule has 0 aliphatic carbocycles. The first-order valence-corrected chi connectivity index (χ1v) is 10.1.